The normalized spacial score (nSPS) is 12.7. The van der Waals surface area contributed by atoms with Gasteiger partial charge in [-0.2, -0.15) is 0 Å². The van der Waals surface area contributed by atoms with Crippen molar-refractivity contribution >= 4 is 0 Å². The van der Waals surface area contributed by atoms with E-state index in [-0.39, 0.29) is 0 Å². The van der Waals surface area contributed by atoms with Crippen LogP contribution >= 0.6 is 0 Å². The first-order chi connectivity index (χ1) is 9.88. The number of H-pyrrole nitrogens is 1. The van der Waals surface area contributed by atoms with E-state index >= 15 is 0 Å². The second-order valence-corrected chi connectivity index (χ2v) is 5.74. The summed E-state index contributed by atoms with van der Waals surface area (Å²) in [6, 6.07) is 0.407. The number of aromatic amines is 1. The van der Waals surface area contributed by atoms with Gasteiger partial charge in [0.1, 0.15) is 5.82 Å². The Kier molecular flexibility index (Phi) is 10.3. The van der Waals surface area contributed by atoms with Gasteiger partial charge in [0.05, 0.1) is 6.04 Å². The first-order valence-electron chi connectivity index (χ1n) is 8.61. The lowest BCUT2D eigenvalue weighted by molar-refractivity contribution is 0.450. The number of aromatic nitrogens is 2. The highest BCUT2D eigenvalue weighted by molar-refractivity contribution is 4.95. The monoisotopic (exact) mass is 279 g/mol. The van der Waals surface area contributed by atoms with Gasteiger partial charge < -0.3 is 10.3 Å². The van der Waals surface area contributed by atoms with Crippen molar-refractivity contribution in [3.8, 4) is 0 Å². The van der Waals surface area contributed by atoms with Crippen molar-refractivity contribution in [1.29, 1.82) is 0 Å². The molecule has 0 aromatic carbocycles. The van der Waals surface area contributed by atoms with Crippen molar-refractivity contribution in [2.45, 2.75) is 84.1 Å². The van der Waals surface area contributed by atoms with Crippen LogP contribution < -0.4 is 5.32 Å². The van der Waals surface area contributed by atoms with Gasteiger partial charge in [-0.1, -0.05) is 65.2 Å². The fourth-order valence-electron chi connectivity index (χ4n) is 2.60. The van der Waals surface area contributed by atoms with Crippen molar-refractivity contribution in [1.82, 2.24) is 15.3 Å². The number of imidazole rings is 1. The zero-order valence-corrected chi connectivity index (χ0v) is 13.5. The fraction of sp³-hybridized carbons (Fsp3) is 0.824. The molecule has 0 amide bonds. The molecule has 1 atom stereocenters. The van der Waals surface area contributed by atoms with Crippen LogP contribution in [0.2, 0.25) is 0 Å². The lowest BCUT2D eigenvalue weighted by Gasteiger charge is -2.16. The Bertz CT molecular complexity index is 295. The maximum absolute atomic E-state index is 4.40. The molecule has 3 nitrogen and oxygen atoms in total. The predicted octanol–water partition coefficient (Wildman–Crippen LogP) is 4.98. The molecule has 3 heteroatoms. The smallest absolute Gasteiger partial charge is 0.123 e. The molecule has 116 valence electrons. The van der Waals surface area contributed by atoms with Gasteiger partial charge in [0, 0.05) is 12.4 Å². The van der Waals surface area contributed by atoms with Crippen LogP contribution in [-0.4, -0.2) is 16.5 Å². The highest BCUT2D eigenvalue weighted by atomic mass is 15.0. The molecule has 0 spiro atoms. The summed E-state index contributed by atoms with van der Waals surface area (Å²) in [5.41, 5.74) is 0. The number of rotatable bonds is 13. The van der Waals surface area contributed by atoms with E-state index in [1.807, 2.05) is 12.4 Å². The molecule has 1 aromatic heterocycles. The van der Waals surface area contributed by atoms with Gasteiger partial charge in [0.25, 0.3) is 0 Å². The average molecular weight is 279 g/mol. The van der Waals surface area contributed by atoms with Crippen LogP contribution in [-0.2, 0) is 0 Å². The molecule has 1 rings (SSSR count). The maximum Gasteiger partial charge on any atom is 0.123 e. The lowest BCUT2D eigenvalue weighted by atomic mass is 10.0. The number of hydrogen-bond acceptors (Lipinski definition) is 2. The second kappa shape index (κ2) is 12.0. The van der Waals surface area contributed by atoms with Gasteiger partial charge in [-0.05, 0) is 19.4 Å². The number of nitrogens with one attached hydrogen (secondary N) is 2. The van der Waals surface area contributed by atoms with E-state index in [1.54, 1.807) is 0 Å². The van der Waals surface area contributed by atoms with Crippen LogP contribution in [0.25, 0.3) is 0 Å². The third-order valence-corrected chi connectivity index (χ3v) is 3.84. The molecule has 0 bridgehead atoms. The van der Waals surface area contributed by atoms with Crippen molar-refractivity contribution < 1.29 is 0 Å². The van der Waals surface area contributed by atoms with Crippen LogP contribution in [0.4, 0.5) is 0 Å². The quantitative estimate of drug-likeness (QED) is 0.500. The molecule has 1 unspecified atom stereocenters. The van der Waals surface area contributed by atoms with E-state index in [2.05, 4.69) is 29.1 Å². The lowest BCUT2D eigenvalue weighted by Crippen LogP contribution is -2.23. The fourth-order valence-corrected chi connectivity index (χ4v) is 2.60. The summed E-state index contributed by atoms with van der Waals surface area (Å²) in [4.78, 5) is 7.65. The summed E-state index contributed by atoms with van der Waals surface area (Å²) < 4.78 is 0. The van der Waals surface area contributed by atoms with Crippen molar-refractivity contribution in [3.05, 3.63) is 18.2 Å². The minimum absolute atomic E-state index is 0.407. The molecular weight excluding hydrogens is 246 g/mol. The largest absolute Gasteiger partial charge is 0.347 e. The molecular formula is C17H33N3. The van der Waals surface area contributed by atoms with Crippen LogP contribution in [0.3, 0.4) is 0 Å². The molecule has 1 heterocycles. The van der Waals surface area contributed by atoms with E-state index in [9.17, 15) is 0 Å². The van der Waals surface area contributed by atoms with Crippen LogP contribution in [0.5, 0.6) is 0 Å². The molecule has 1 aromatic rings. The van der Waals surface area contributed by atoms with Gasteiger partial charge in [-0.3, -0.25) is 0 Å². The van der Waals surface area contributed by atoms with Gasteiger partial charge in [0.2, 0.25) is 0 Å². The van der Waals surface area contributed by atoms with Gasteiger partial charge in [0.15, 0.2) is 0 Å². The Morgan fingerprint density at radius 1 is 1.00 bits per heavy atom. The molecule has 0 aliphatic rings. The summed E-state index contributed by atoms with van der Waals surface area (Å²) in [6.07, 6.45) is 17.2. The Morgan fingerprint density at radius 3 is 2.30 bits per heavy atom. The Labute approximate surface area is 125 Å². The van der Waals surface area contributed by atoms with Crippen molar-refractivity contribution in [2.24, 2.45) is 0 Å². The van der Waals surface area contributed by atoms with Crippen LogP contribution in [0.1, 0.15) is 89.9 Å². The summed E-state index contributed by atoms with van der Waals surface area (Å²) in [6.45, 7) is 5.56. The van der Waals surface area contributed by atoms with E-state index < -0.39 is 0 Å². The predicted molar refractivity (Wildman–Crippen MR) is 86.8 cm³/mol. The zero-order chi connectivity index (χ0) is 14.5. The molecule has 0 saturated heterocycles. The van der Waals surface area contributed by atoms with Crippen molar-refractivity contribution in [2.75, 3.05) is 6.54 Å². The first-order valence-corrected chi connectivity index (χ1v) is 8.61. The van der Waals surface area contributed by atoms with E-state index in [1.165, 1.54) is 64.2 Å². The van der Waals surface area contributed by atoms with Crippen LogP contribution in [0, 0.1) is 0 Å². The number of hydrogen-bond donors (Lipinski definition) is 2. The third-order valence-electron chi connectivity index (χ3n) is 3.84. The summed E-state index contributed by atoms with van der Waals surface area (Å²) >= 11 is 0. The van der Waals surface area contributed by atoms with Gasteiger partial charge >= 0.3 is 0 Å². The highest BCUT2D eigenvalue weighted by Crippen LogP contribution is 2.17. The molecule has 0 aliphatic heterocycles. The topological polar surface area (TPSA) is 40.7 Å². The van der Waals surface area contributed by atoms with E-state index in [0.29, 0.717) is 6.04 Å². The molecule has 0 fully saturated rings. The third kappa shape index (κ3) is 7.68. The second-order valence-electron chi connectivity index (χ2n) is 5.74. The maximum atomic E-state index is 4.40. The molecule has 20 heavy (non-hydrogen) atoms. The Hall–Kier alpha value is -0.830. The average Bonchev–Trinajstić information content (AvgIpc) is 2.99. The minimum atomic E-state index is 0.407. The van der Waals surface area contributed by atoms with Gasteiger partial charge in [-0.25, -0.2) is 4.98 Å². The Morgan fingerprint density at radius 2 is 1.70 bits per heavy atom. The van der Waals surface area contributed by atoms with Crippen LogP contribution in [0.15, 0.2) is 12.4 Å². The van der Waals surface area contributed by atoms with E-state index in [4.69, 9.17) is 0 Å². The first kappa shape index (κ1) is 17.2. The minimum Gasteiger partial charge on any atom is -0.347 e. The SMILES string of the molecule is CCCCCCCCCCC(NCCC)c1ncc[nH]1. The summed E-state index contributed by atoms with van der Waals surface area (Å²) in [5.74, 6) is 1.10. The highest BCUT2D eigenvalue weighted by Gasteiger charge is 2.11. The Balaban J connectivity index is 2.10. The van der Waals surface area contributed by atoms with E-state index in [0.717, 1.165) is 12.4 Å². The molecule has 0 saturated carbocycles. The number of unbranched alkanes of at least 4 members (excludes halogenated alkanes) is 7. The molecule has 2 N–H and O–H groups in total. The molecule has 0 radical (unpaired) electrons. The molecule has 0 aliphatic carbocycles. The van der Waals surface area contributed by atoms with Crippen molar-refractivity contribution in [3.63, 3.8) is 0 Å². The standard InChI is InChI=1S/C17H33N3/c1-3-5-6-7-8-9-10-11-12-16(18-13-4-2)17-19-14-15-20-17/h14-16,18H,3-13H2,1-2H3,(H,19,20). The summed E-state index contributed by atoms with van der Waals surface area (Å²) in [5, 5.41) is 3.60. The summed E-state index contributed by atoms with van der Waals surface area (Å²) in [7, 11) is 0. The zero-order valence-electron chi connectivity index (χ0n) is 13.5. The van der Waals surface area contributed by atoms with Gasteiger partial charge in [-0.15, -0.1) is 0 Å². The number of nitrogens with zero attached hydrogens (tertiary/aromatic N) is 1.